The van der Waals surface area contributed by atoms with Crippen LogP contribution in [0.2, 0.25) is 0 Å². The van der Waals surface area contributed by atoms with E-state index in [2.05, 4.69) is 25.5 Å². The first-order valence-corrected chi connectivity index (χ1v) is 10.6. The molecule has 1 saturated carbocycles. The molecule has 170 valence electrons. The molecule has 2 unspecified atom stereocenters. The number of carbonyl (C=O) groups excluding carboxylic acids is 2. The van der Waals surface area contributed by atoms with Gasteiger partial charge in [0.2, 0.25) is 0 Å². The third-order valence-corrected chi connectivity index (χ3v) is 6.81. The maximum absolute atomic E-state index is 13.4. The lowest BCUT2D eigenvalue weighted by Gasteiger charge is -2.42. The molecule has 0 radical (unpaired) electrons. The molecule has 0 amide bonds. The Morgan fingerprint density at radius 1 is 1.03 bits per heavy atom. The van der Waals surface area contributed by atoms with Crippen LogP contribution in [0.1, 0.15) is 87.0 Å². The summed E-state index contributed by atoms with van der Waals surface area (Å²) in [7, 11) is 0. The zero-order valence-corrected chi connectivity index (χ0v) is 18.9. The molecule has 1 fully saturated rings. The Bertz CT molecular complexity index is 577. The predicted molar refractivity (Wildman–Crippen MR) is 105 cm³/mol. The largest absolute Gasteiger partial charge is 0.458 e. The van der Waals surface area contributed by atoms with Gasteiger partial charge in [-0.3, -0.25) is 9.59 Å². The first-order chi connectivity index (χ1) is 13.1. The summed E-state index contributed by atoms with van der Waals surface area (Å²) in [6.07, 6.45) is -0.661. The lowest BCUT2D eigenvalue weighted by molar-refractivity contribution is -0.201. The van der Waals surface area contributed by atoms with Crippen LogP contribution in [0, 0.1) is 22.7 Å². The quantitative estimate of drug-likeness (QED) is 0.423. The van der Waals surface area contributed by atoms with Crippen molar-refractivity contribution in [3.05, 3.63) is 0 Å². The van der Waals surface area contributed by atoms with E-state index < -0.39 is 35.7 Å². The average molecular weight is 423 g/mol. The van der Waals surface area contributed by atoms with E-state index in [-0.39, 0.29) is 17.3 Å². The van der Waals surface area contributed by atoms with Crippen molar-refractivity contribution in [3.63, 3.8) is 0 Å². The number of ether oxygens (including phenoxy) is 2. The van der Waals surface area contributed by atoms with Crippen LogP contribution in [0.15, 0.2) is 0 Å². The summed E-state index contributed by atoms with van der Waals surface area (Å²) in [5.41, 5.74) is -1.94. The van der Waals surface area contributed by atoms with E-state index in [1.165, 1.54) is 6.92 Å². The Morgan fingerprint density at radius 3 is 1.97 bits per heavy atom. The van der Waals surface area contributed by atoms with Gasteiger partial charge in [-0.1, -0.05) is 41.0 Å². The second-order valence-corrected chi connectivity index (χ2v) is 9.87. The minimum absolute atomic E-state index is 0.00626. The number of esters is 2. The SMILES string of the molecule is CCC(C)(C)CC(C)(C(=O)OC1(C(C)C(=O)OCC(F)(F)F)CCCC1)C(C)C. The van der Waals surface area contributed by atoms with Gasteiger partial charge in [0.1, 0.15) is 5.60 Å². The maximum Gasteiger partial charge on any atom is 0.422 e. The molecule has 7 heteroatoms. The zero-order chi connectivity index (χ0) is 22.7. The highest BCUT2D eigenvalue weighted by molar-refractivity contribution is 5.79. The molecule has 1 aliphatic rings. The van der Waals surface area contributed by atoms with Crippen LogP contribution in [0.3, 0.4) is 0 Å². The van der Waals surface area contributed by atoms with Crippen molar-refractivity contribution >= 4 is 11.9 Å². The summed E-state index contributed by atoms with van der Waals surface area (Å²) in [6, 6.07) is 0. The Morgan fingerprint density at radius 2 is 1.55 bits per heavy atom. The van der Waals surface area contributed by atoms with E-state index in [1.807, 2.05) is 20.8 Å². The van der Waals surface area contributed by atoms with E-state index >= 15 is 0 Å². The van der Waals surface area contributed by atoms with E-state index in [1.54, 1.807) is 0 Å². The summed E-state index contributed by atoms with van der Waals surface area (Å²) in [5.74, 6) is -2.30. The van der Waals surface area contributed by atoms with Gasteiger partial charge in [0.25, 0.3) is 0 Å². The van der Waals surface area contributed by atoms with E-state index in [0.717, 1.165) is 19.3 Å². The second kappa shape index (κ2) is 9.25. The summed E-state index contributed by atoms with van der Waals surface area (Å²) in [4.78, 5) is 25.7. The Labute approximate surface area is 172 Å². The smallest absolute Gasteiger partial charge is 0.422 e. The first kappa shape index (κ1) is 25.8. The van der Waals surface area contributed by atoms with Crippen LogP contribution < -0.4 is 0 Å². The van der Waals surface area contributed by atoms with Gasteiger partial charge in [-0.25, -0.2) is 0 Å². The highest BCUT2D eigenvalue weighted by atomic mass is 19.4. The molecule has 0 saturated heterocycles. The number of rotatable bonds is 9. The molecule has 1 aliphatic carbocycles. The predicted octanol–water partition coefficient (Wildman–Crippen LogP) is 6.07. The van der Waals surface area contributed by atoms with Crippen molar-refractivity contribution < 1.29 is 32.2 Å². The molecule has 0 spiro atoms. The topological polar surface area (TPSA) is 52.6 Å². The first-order valence-electron chi connectivity index (χ1n) is 10.6. The van der Waals surface area contributed by atoms with Crippen LogP contribution >= 0.6 is 0 Å². The van der Waals surface area contributed by atoms with Gasteiger partial charge in [0.15, 0.2) is 6.61 Å². The zero-order valence-electron chi connectivity index (χ0n) is 18.9. The third kappa shape index (κ3) is 6.61. The fourth-order valence-corrected chi connectivity index (χ4v) is 4.02. The molecular formula is C22H37F3O4. The van der Waals surface area contributed by atoms with Crippen LogP contribution in [0.25, 0.3) is 0 Å². The summed E-state index contributed by atoms with van der Waals surface area (Å²) >= 11 is 0. The molecule has 0 aromatic carbocycles. The van der Waals surface area contributed by atoms with Crippen LogP contribution in [-0.2, 0) is 19.1 Å². The van der Waals surface area contributed by atoms with E-state index in [9.17, 15) is 22.8 Å². The van der Waals surface area contributed by atoms with Gasteiger partial charge in [0.05, 0.1) is 11.3 Å². The Balaban J connectivity index is 3.06. The summed E-state index contributed by atoms with van der Waals surface area (Å²) < 4.78 is 47.8. The van der Waals surface area contributed by atoms with Gasteiger partial charge >= 0.3 is 18.1 Å². The average Bonchev–Trinajstić information content (AvgIpc) is 3.07. The normalized spacial score (nSPS) is 20.2. The highest BCUT2D eigenvalue weighted by Crippen LogP contribution is 2.46. The minimum Gasteiger partial charge on any atom is -0.458 e. The van der Waals surface area contributed by atoms with Crippen LogP contribution in [0.4, 0.5) is 13.2 Å². The second-order valence-electron chi connectivity index (χ2n) is 9.87. The molecule has 29 heavy (non-hydrogen) atoms. The highest BCUT2D eigenvalue weighted by Gasteiger charge is 2.51. The van der Waals surface area contributed by atoms with Gasteiger partial charge in [0, 0.05) is 0 Å². The third-order valence-electron chi connectivity index (χ3n) is 6.81. The van der Waals surface area contributed by atoms with Crippen molar-refractivity contribution in [1.82, 2.24) is 0 Å². The molecule has 2 atom stereocenters. The van der Waals surface area contributed by atoms with Crippen LogP contribution in [-0.4, -0.2) is 30.3 Å². The molecule has 0 aromatic heterocycles. The molecular weight excluding hydrogens is 385 g/mol. The van der Waals surface area contributed by atoms with Gasteiger partial charge in [-0.2, -0.15) is 13.2 Å². The lowest BCUT2D eigenvalue weighted by atomic mass is 9.67. The van der Waals surface area contributed by atoms with E-state index in [4.69, 9.17) is 4.74 Å². The minimum atomic E-state index is -4.59. The van der Waals surface area contributed by atoms with Crippen molar-refractivity contribution in [1.29, 1.82) is 0 Å². The van der Waals surface area contributed by atoms with Crippen molar-refractivity contribution in [2.45, 2.75) is 98.8 Å². The number of halogens is 3. The van der Waals surface area contributed by atoms with Crippen molar-refractivity contribution in [2.75, 3.05) is 6.61 Å². The Hall–Kier alpha value is -1.27. The molecule has 0 bridgehead atoms. The van der Waals surface area contributed by atoms with Gasteiger partial charge in [-0.05, 0) is 57.3 Å². The van der Waals surface area contributed by atoms with Crippen molar-refractivity contribution in [3.8, 4) is 0 Å². The molecule has 0 N–H and O–H groups in total. The number of alkyl halides is 3. The number of carbonyl (C=O) groups is 2. The van der Waals surface area contributed by atoms with Crippen LogP contribution in [0.5, 0.6) is 0 Å². The fraction of sp³-hybridized carbons (Fsp3) is 0.909. The molecule has 0 aliphatic heterocycles. The van der Waals surface area contributed by atoms with E-state index in [0.29, 0.717) is 19.3 Å². The maximum atomic E-state index is 13.4. The Kier molecular flexibility index (Phi) is 8.22. The fourth-order valence-electron chi connectivity index (χ4n) is 4.02. The monoisotopic (exact) mass is 422 g/mol. The van der Waals surface area contributed by atoms with Gasteiger partial charge in [-0.15, -0.1) is 0 Å². The standard InChI is InChI=1S/C22H37F3O4/c1-8-19(5,6)13-20(7,15(2)3)18(27)29-21(11-9-10-12-21)16(4)17(26)28-14-22(23,24)25/h15-16H,8-14H2,1-7H3. The molecule has 4 nitrogen and oxygen atoms in total. The molecule has 0 aromatic rings. The van der Waals surface area contributed by atoms with Crippen molar-refractivity contribution in [2.24, 2.45) is 22.7 Å². The molecule has 1 rings (SSSR count). The summed E-state index contributed by atoms with van der Waals surface area (Å²) in [5, 5.41) is 0. The lowest BCUT2D eigenvalue weighted by Crippen LogP contribution is -2.48. The summed E-state index contributed by atoms with van der Waals surface area (Å²) in [6.45, 7) is 12.0. The van der Waals surface area contributed by atoms with Gasteiger partial charge < -0.3 is 9.47 Å². The molecule has 0 heterocycles. The number of hydrogen-bond donors (Lipinski definition) is 0. The number of hydrogen-bond acceptors (Lipinski definition) is 4.